The van der Waals surface area contributed by atoms with Gasteiger partial charge in [-0.2, -0.15) is 0 Å². The molecule has 0 aromatic carbocycles. The first-order valence-electron chi connectivity index (χ1n) is 3.42. The molecule has 0 heterocycles. The molecule has 3 N–H and O–H groups in total. The Hall–Kier alpha value is -0.520. The highest BCUT2D eigenvalue weighted by Crippen LogP contribution is 2.18. The van der Waals surface area contributed by atoms with Gasteiger partial charge >= 0.3 is 0 Å². The van der Waals surface area contributed by atoms with Crippen LogP contribution in [0.2, 0.25) is 0 Å². The minimum absolute atomic E-state index is 0.119. The van der Waals surface area contributed by atoms with E-state index in [1.165, 1.54) is 0 Å². The van der Waals surface area contributed by atoms with E-state index in [-0.39, 0.29) is 12.5 Å². The van der Waals surface area contributed by atoms with Gasteiger partial charge in [0.05, 0.1) is 5.60 Å². The topological polar surface area (TPSA) is 46.2 Å². The predicted octanol–water partition coefficient (Wildman–Crippen LogP) is 0.355. The van der Waals surface area contributed by atoms with E-state index in [4.69, 9.17) is 12.2 Å². The second kappa shape index (κ2) is 3.60. The smallest absolute Gasteiger partial charge is 0.0900 e. The van der Waals surface area contributed by atoms with Crippen molar-refractivity contribution in [3.8, 4) is 12.3 Å². The summed E-state index contributed by atoms with van der Waals surface area (Å²) in [6.45, 7) is 4.04. The van der Waals surface area contributed by atoms with Gasteiger partial charge < -0.3 is 10.8 Å². The van der Waals surface area contributed by atoms with Crippen LogP contribution in [-0.4, -0.2) is 17.3 Å². The van der Waals surface area contributed by atoms with Gasteiger partial charge in [-0.15, -0.1) is 12.3 Å². The summed E-state index contributed by atoms with van der Waals surface area (Å²) in [6, 6.07) is 0. The zero-order chi connectivity index (χ0) is 8.20. The van der Waals surface area contributed by atoms with Gasteiger partial charge in [0.1, 0.15) is 0 Å². The lowest BCUT2D eigenvalue weighted by molar-refractivity contribution is 0.00867. The summed E-state index contributed by atoms with van der Waals surface area (Å²) in [4.78, 5) is 0. The Morgan fingerprint density at radius 3 is 2.30 bits per heavy atom. The highest BCUT2D eigenvalue weighted by molar-refractivity contribution is 4.97. The Balaban J connectivity index is 4.11. The molecule has 0 saturated heterocycles. The van der Waals surface area contributed by atoms with Gasteiger partial charge in [0.2, 0.25) is 0 Å². The molecule has 10 heavy (non-hydrogen) atoms. The van der Waals surface area contributed by atoms with Gasteiger partial charge in [-0.1, -0.05) is 13.8 Å². The second-order valence-electron chi connectivity index (χ2n) is 2.84. The average Bonchev–Trinajstić information content (AvgIpc) is 1.88. The average molecular weight is 141 g/mol. The lowest BCUT2D eigenvalue weighted by Crippen LogP contribution is -2.42. The molecule has 1 atom stereocenters. The molecule has 0 rings (SSSR count). The van der Waals surface area contributed by atoms with Gasteiger partial charge in [0.15, 0.2) is 0 Å². The van der Waals surface area contributed by atoms with Crippen LogP contribution in [0.5, 0.6) is 0 Å². The Morgan fingerprint density at radius 1 is 1.70 bits per heavy atom. The molecule has 0 saturated carbocycles. The highest BCUT2D eigenvalue weighted by Gasteiger charge is 2.27. The number of nitrogens with two attached hydrogens (primary N) is 1. The lowest BCUT2D eigenvalue weighted by Gasteiger charge is -2.28. The fourth-order valence-electron chi connectivity index (χ4n) is 0.689. The maximum Gasteiger partial charge on any atom is 0.0900 e. The van der Waals surface area contributed by atoms with Crippen molar-refractivity contribution in [2.24, 2.45) is 11.7 Å². The maximum atomic E-state index is 9.63. The molecule has 0 fully saturated rings. The molecule has 0 aliphatic carbocycles. The van der Waals surface area contributed by atoms with Crippen molar-refractivity contribution < 1.29 is 5.11 Å². The SMILES string of the molecule is C#CCC(O)(CN)C(C)C. The molecule has 0 spiro atoms. The summed E-state index contributed by atoms with van der Waals surface area (Å²) < 4.78 is 0. The maximum absolute atomic E-state index is 9.63. The minimum atomic E-state index is -0.866. The van der Waals surface area contributed by atoms with E-state index in [0.29, 0.717) is 6.42 Å². The van der Waals surface area contributed by atoms with Crippen molar-refractivity contribution in [2.45, 2.75) is 25.9 Å². The number of hydrogen-bond donors (Lipinski definition) is 2. The highest BCUT2D eigenvalue weighted by atomic mass is 16.3. The summed E-state index contributed by atoms with van der Waals surface area (Å²) in [6.07, 6.45) is 5.40. The van der Waals surface area contributed by atoms with Crippen LogP contribution < -0.4 is 5.73 Å². The summed E-state index contributed by atoms with van der Waals surface area (Å²) in [7, 11) is 0. The van der Waals surface area contributed by atoms with E-state index in [2.05, 4.69) is 5.92 Å². The van der Waals surface area contributed by atoms with Crippen LogP contribution in [0.4, 0.5) is 0 Å². The van der Waals surface area contributed by atoms with E-state index in [9.17, 15) is 5.11 Å². The number of rotatable bonds is 3. The van der Waals surface area contributed by atoms with Crippen LogP contribution in [0.25, 0.3) is 0 Å². The van der Waals surface area contributed by atoms with Gasteiger partial charge in [0, 0.05) is 13.0 Å². The van der Waals surface area contributed by atoms with Gasteiger partial charge in [-0.05, 0) is 5.92 Å². The largest absolute Gasteiger partial charge is 0.387 e. The van der Waals surface area contributed by atoms with E-state index >= 15 is 0 Å². The molecule has 0 aromatic rings. The molecule has 2 heteroatoms. The summed E-state index contributed by atoms with van der Waals surface area (Å²) >= 11 is 0. The number of hydrogen-bond acceptors (Lipinski definition) is 2. The van der Waals surface area contributed by atoms with Crippen LogP contribution in [0, 0.1) is 18.3 Å². The van der Waals surface area contributed by atoms with Gasteiger partial charge in [0.25, 0.3) is 0 Å². The monoisotopic (exact) mass is 141 g/mol. The molecule has 1 unspecified atom stereocenters. The van der Waals surface area contributed by atoms with E-state index in [1.54, 1.807) is 0 Å². The predicted molar refractivity (Wildman–Crippen MR) is 42.3 cm³/mol. The number of aliphatic hydroxyl groups is 1. The zero-order valence-electron chi connectivity index (χ0n) is 6.59. The quantitative estimate of drug-likeness (QED) is 0.557. The van der Waals surface area contributed by atoms with Crippen LogP contribution in [-0.2, 0) is 0 Å². The standard InChI is InChI=1S/C8H15NO/c1-4-5-8(10,6-9)7(2)3/h1,7,10H,5-6,9H2,2-3H3. The zero-order valence-corrected chi connectivity index (χ0v) is 6.59. The minimum Gasteiger partial charge on any atom is -0.387 e. The Kier molecular flexibility index (Phi) is 3.41. The van der Waals surface area contributed by atoms with Crippen LogP contribution in [0.1, 0.15) is 20.3 Å². The van der Waals surface area contributed by atoms with Crippen molar-refractivity contribution >= 4 is 0 Å². The van der Waals surface area contributed by atoms with Gasteiger partial charge in [-0.3, -0.25) is 0 Å². The van der Waals surface area contributed by atoms with E-state index in [1.807, 2.05) is 13.8 Å². The van der Waals surface area contributed by atoms with E-state index in [0.717, 1.165) is 0 Å². The molecule has 2 nitrogen and oxygen atoms in total. The third-order valence-corrected chi connectivity index (χ3v) is 1.84. The van der Waals surface area contributed by atoms with Crippen LogP contribution in [0.15, 0.2) is 0 Å². The van der Waals surface area contributed by atoms with E-state index < -0.39 is 5.60 Å². The summed E-state index contributed by atoms with van der Waals surface area (Å²) in [5, 5.41) is 9.63. The first kappa shape index (κ1) is 9.48. The molecular formula is C8H15NO. The molecule has 0 amide bonds. The molecule has 0 bridgehead atoms. The lowest BCUT2D eigenvalue weighted by atomic mass is 9.88. The van der Waals surface area contributed by atoms with Crippen molar-refractivity contribution in [1.82, 2.24) is 0 Å². The normalized spacial score (nSPS) is 16.4. The third-order valence-electron chi connectivity index (χ3n) is 1.84. The third kappa shape index (κ3) is 2.02. The fourth-order valence-corrected chi connectivity index (χ4v) is 0.689. The van der Waals surface area contributed by atoms with Crippen LogP contribution in [0.3, 0.4) is 0 Å². The van der Waals surface area contributed by atoms with Crippen molar-refractivity contribution in [2.75, 3.05) is 6.54 Å². The first-order chi connectivity index (χ1) is 4.56. The van der Waals surface area contributed by atoms with Crippen LogP contribution >= 0.6 is 0 Å². The molecule has 0 aliphatic rings. The molecular weight excluding hydrogens is 126 g/mol. The summed E-state index contributed by atoms with van der Waals surface area (Å²) in [5.74, 6) is 2.53. The van der Waals surface area contributed by atoms with Crippen molar-refractivity contribution in [3.05, 3.63) is 0 Å². The van der Waals surface area contributed by atoms with Crippen molar-refractivity contribution in [3.63, 3.8) is 0 Å². The Bertz CT molecular complexity index is 137. The number of terminal acetylenes is 1. The molecule has 0 radical (unpaired) electrons. The van der Waals surface area contributed by atoms with Gasteiger partial charge in [-0.25, -0.2) is 0 Å². The Labute approximate surface area is 62.4 Å². The fraction of sp³-hybridized carbons (Fsp3) is 0.750. The first-order valence-corrected chi connectivity index (χ1v) is 3.42. The van der Waals surface area contributed by atoms with Crippen molar-refractivity contribution in [1.29, 1.82) is 0 Å². The Morgan fingerprint density at radius 2 is 2.20 bits per heavy atom. The molecule has 0 aliphatic heterocycles. The summed E-state index contributed by atoms with van der Waals surface area (Å²) in [5.41, 5.74) is 4.48. The molecule has 0 aromatic heterocycles. The molecule has 58 valence electrons. The second-order valence-corrected chi connectivity index (χ2v) is 2.84.